The Bertz CT molecular complexity index is 567. The maximum Gasteiger partial charge on any atom is 0.119 e. The molecular formula is C15H18N2OS. The lowest BCUT2D eigenvalue weighted by atomic mass is 9.94. The summed E-state index contributed by atoms with van der Waals surface area (Å²) in [7, 11) is 1.72. The molecule has 0 amide bonds. The SMILES string of the molecule is COc1cccc(C2CCN2Cc2nc(C)cs2)c1. The van der Waals surface area contributed by atoms with Gasteiger partial charge in [0.1, 0.15) is 10.8 Å². The zero-order chi connectivity index (χ0) is 13.2. The van der Waals surface area contributed by atoms with Crippen molar-refractivity contribution in [2.45, 2.75) is 25.9 Å². The largest absolute Gasteiger partial charge is 0.497 e. The van der Waals surface area contributed by atoms with Crippen molar-refractivity contribution in [2.75, 3.05) is 13.7 Å². The van der Waals surface area contributed by atoms with Crippen LogP contribution in [0.25, 0.3) is 0 Å². The standard InChI is InChI=1S/C15H18N2OS/c1-11-10-19-15(16-11)9-17-7-6-14(17)12-4-3-5-13(8-12)18-2/h3-5,8,10,14H,6-7,9H2,1-2H3. The maximum absolute atomic E-state index is 5.30. The molecule has 0 radical (unpaired) electrons. The average Bonchev–Trinajstić information content (AvgIpc) is 2.81. The van der Waals surface area contributed by atoms with E-state index in [0.717, 1.165) is 24.5 Å². The number of nitrogens with zero attached hydrogens (tertiary/aromatic N) is 2. The van der Waals surface area contributed by atoms with Crippen LogP contribution in [0.4, 0.5) is 0 Å². The highest BCUT2D eigenvalue weighted by Gasteiger charge is 2.30. The van der Waals surface area contributed by atoms with Crippen molar-refractivity contribution in [3.63, 3.8) is 0 Å². The highest BCUT2D eigenvalue weighted by molar-refractivity contribution is 7.09. The molecule has 1 aromatic heterocycles. The quantitative estimate of drug-likeness (QED) is 0.854. The van der Waals surface area contributed by atoms with Crippen molar-refractivity contribution < 1.29 is 4.74 Å². The van der Waals surface area contributed by atoms with Crippen molar-refractivity contribution in [1.29, 1.82) is 0 Å². The van der Waals surface area contributed by atoms with Gasteiger partial charge in [-0.05, 0) is 31.0 Å². The first kappa shape index (κ1) is 12.6. The summed E-state index contributed by atoms with van der Waals surface area (Å²) in [6, 6.07) is 8.91. The third kappa shape index (κ3) is 2.65. The van der Waals surface area contributed by atoms with Crippen LogP contribution in [0.15, 0.2) is 29.6 Å². The molecule has 0 N–H and O–H groups in total. The molecule has 3 rings (SSSR count). The number of aryl methyl sites for hydroxylation is 1. The minimum atomic E-state index is 0.513. The molecule has 1 aliphatic heterocycles. The number of aromatic nitrogens is 1. The second kappa shape index (κ2) is 5.31. The van der Waals surface area contributed by atoms with Gasteiger partial charge in [-0.3, -0.25) is 4.90 Å². The average molecular weight is 274 g/mol. The lowest BCUT2D eigenvalue weighted by Crippen LogP contribution is -2.40. The Morgan fingerprint density at radius 1 is 1.47 bits per heavy atom. The van der Waals surface area contributed by atoms with Crippen molar-refractivity contribution in [1.82, 2.24) is 9.88 Å². The lowest BCUT2D eigenvalue weighted by Gasteiger charge is -2.40. The van der Waals surface area contributed by atoms with Crippen LogP contribution in [0, 0.1) is 6.92 Å². The molecule has 0 aliphatic carbocycles. The van der Waals surface area contributed by atoms with Crippen molar-refractivity contribution in [3.8, 4) is 5.75 Å². The highest BCUT2D eigenvalue weighted by Crippen LogP contribution is 2.36. The van der Waals surface area contributed by atoms with E-state index in [1.165, 1.54) is 17.0 Å². The van der Waals surface area contributed by atoms with Gasteiger partial charge in [-0.2, -0.15) is 0 Å². The molecular weight excluding hydrogens is 256 g/mol. The molecule has 0 saturated carbocycles. The first-order valence-corrected chi connectivity index (χ1v) is 7.43. The molecule has 4 heteroatoms. The van der Waals surface area contributed by atoms with E-state index in [0.29, 0.717) is 6.04 Å². The molecule has 1 unspecified atom stereocenters. The van der Waals surface area contributed by atoms with E-state index in [1.807, 2.05) is 6.07 Å². The molecule has 100 valence electrons. The molecule has 1 atom stereocenters. The monoisotopic (exact) mass is 274 g/mol. The fourth-order valence-electron chi connectivity index (χ4n) is 2.51. The molecule has 1 saturated heterocycles. The van der Waals surface area contributed by atoms with E-state index < -0.39 is 0 Å². The van der Waals surface area contributed by atoms with Gasteiger partial charge in [0.05, 0.1) is 13.7 Å². The number of methoxy groups -OCH3 is 1. The smallest absolute Gasteiger partial charge is 0.119 e. The Labute approximate surface area is 117 Å². The number of likely N-dealkylation sites (tertiary alicyclic amines) is 1. The first-order chi connectivity index (χ1) is 9.26. The number of rotatable bonds is 4. The Balaban J connectivity index is 1.71. The van der Waals surface area contributed by atoms with E-state index in [-0.39, 0.29) is 0 Å². The van der Waals surface area contributed by atoms with Crippen molar-refractivity contribution in [3.05, 3.63) is 45.9 Å². The molecule has 19 heavy (non-hydrogen) atoms. The van der Waals surface area contributed by atoms with Gasteiger partial charge in [0.2, 0.25) is 0 Å². The molecule has 1 aliphatic rings. The zero-order valence-electron chi connectivity index (χ0n) is 11.3. The predicted molar refractivity (Wildman–Crippen MR) is 77.6 cm³/mol. The summed E-state index contributed by atoms with van der Waals surface area (Å²) >= 11 is 1.75. The molecule has 0 spiro atoms. The third-order valence-corrected chi connectivity index (χ3v) is 4.57. The second-order valence-electron chi connectivity index (χ2n) is 4.93. The van der Waals surface area contributed by atoms with Crippen LogP contribution in [-0.2, 0) is 6.54 Å². The van der Waals surface area contributed by atoms with Gasteiger partial charge in [0.25, 0.3) is 0 Å². The summed E-state index contributed by atoms with van der Waals surface area (Å²) in [5, 5.41) is 3.33. The van der Waals surface area contributed by atoms with Gasteiger partial charge < -0.3 is 4.74 Å². The summed E-state index contributed by atoms with van der Waals surface area (Å²) in [5.74, 6) is 0.939. The minimum Gasteiger partial charge on any atom is -0.497 e. The van der Waals surface area contributed by atoms with Gasteiger partial charge in [-0.25, -0.2) is 4.98 Å². The Morgan fingerprint density at radius 3 is 3.00 bits per heavy atom. The molecule has 1 aromatic carbocycles. The molecule has 2 aromatic rings. The Morgan fingerprint density at radius 2 is 2.37 bits per heavy atom. The van der Waals surface area contributed by atoms with Gasteiger partial charge >= 0.3 is 0 Å². The van der Waals surface area contributed by atoms with E-state index in [9.17, 15) is 0 Å². The number of hydrogen-bond donors (Lipinski definition) is 0. The minimum absolute atomic E-state index is 0.513. The van der Waals surface area contributed by atoms with Crippen LogP contribution in [0.1, 0.15) is 28.7 Å². The first-order valence-electron chi connectivity index (χ1n) is 6.55. The number of thiazole rings is 1. The molecule has 3 nitrogen and oxygen atoms in total. The van der Waals surface area contributed by atoms with Crippen molar-refractivity contribution in [2.24, 2.45) is 0 Å². The summed E-state index contributed by atoms with van der Waals surface area (Å²) in [4.78, 5) is 7.03. The lowest BCUT2D eigenvalue weighted by molar-refractivity contribution is 0.0816. The number of hydrogen-bond acceptors (Lipinski definition) is 4. The van der Waals surface area contributed by atoms with Gasteiger partial charge in [0.15, 0.2) is 0 Å². The second-order valence-corrected chi connectivity index (χ2v) is 5.88. The van der Waals surface area contributed by atoms with Gasteiger partial charge in [0, 0.05) is 23.7 Å². The number of benzene rings is 1. The van der Waals surface area contributed by atoms with E-state index in [4.69, 9.17) is 4.74 Å². The van der Waals surface area contributed by atoms with Crippen LogP contribution in [0.3, 0.4) is 0 Å². The van der Waals surface area contributed by atoms with Crippen LogP contribution in [0.5, 0.6) is 5.75 Å². The van der Waals surface area contributed by atoms with Crippen LogP contribution in [0.2, 0.25) is 0 Å². The molecule has 0 bridgehead atoms. The molecule has 2 heterocycles. The Kier molecular flexibility index (Phi) is 3.53. The predicted octanol–water partition coefficient (Wildman–Crippen LogP) is 3.41. The van der Waals surface area contributed by atoms with Gasteiger partial charge in [-0.15, -0.1) is 11.3 Å². The normalized spacial score (nSPS) is 19.2. The summed E-state index contributed by atoms with van der Waals surface area (Å²) < 4.78 is 5.30. The highest BCUT2D eigenvalue weighted by atomic mass is 32.1. The van der Waals surface area contributed by atoms with E-state index in [2.05, 4.69) is 40.4 Å². The van der Waals surface area contributed by atoms with Crippen LogP contribution < -0.4 is 4.74 Å². The van der Waals surface area contributed by atoms with E-state index >= 15 is 0 Å². The summed E-state index contributed by atoms with van der Waals surface area (Å²) in [6.45, 7) is 4.16. The third-order valence-electron chi connectivity index (χ3n) is 3.61. The maximum atomic E-state index is 5.30. The summed E-state index contributed by atoms with van der Waals surface area (Å²) in [6.07, 6.45) is 1.22. The topological polar surface area (TPSA) is 25.4 Å². The Hall–Kier alpha value is -1.39. The van der Waals surface area contributed by atoms with E-state index in [1.54, 1.807) is 18.4 Å². The fourth-order valence-corrected chi connectivity index (χ4v) is 3.30. The van der Waals surface area contributed by atoms with Gasteiger partial charge in [-0.1, -0.05) is 12.1 Å². The number of ether oxygens (including phenoxy) is 1. The van der Waals surface area contributed by atoms with Crippen LogP contribution in [-0.4, -0.2) is 23.5 Å². The van der Waals surface area contributed by atoms with Crippen LogP contribution >= 0.6 is 11.3 Å². The molecule has 1 fully saturated rings. The summed E-state index contributed by atoms with van der Waals surface area (Å²) in [5.41, 5.74) is 2.47. The fraction of sp³-hybridized carbons (Fsp3) is 0.400. The zero-order valence-corrected chi connectivity index (χ0v) is 12.1. The van der Waals surface area contributed by atoms with Crippen molar-refractivity contribution >= 4 is 11.3 Å².